The van der Waals surface area contributed by atoms with Crippen LogP contribution in [0.4, 0.5) is 4.39 Å². The number of phenols is 1. The Morgan fingerprint density at radius 3 is 2.65 bits per heavy atom. The van der Waals surface area contributed by atoms with E-state index in [2.05, 4.69) is 5.32 Å². The molecule has 1 amide bonds. The van der Waals surface area contributed by atoms with E-state index in [1.54, 1.807) is 0 Å². The Balaban J connectivity index is 2.65. The summed E-state index contributed by atoms with van der Waals surface area (Å²) in [5.74, 6) is -2.07. The van der Waals surface area contributed by atoms with Crippen molar-refractivity contribution in [1.29, 1.82) is 0 Å². The van der Waals surface area contributed by atoms with Gasteiger partial charge < -0.3 is 10.4 Å². The van der Waals surface area contributed by atoms with Crippen molar-refractivity contribution in [2.45, 2.75) is 0 Å². The number of hydrogen-bond acceptors (Lipinski definition) is 4. The van der Waals surface area contributed by atoms with E-state index in [9.17, 15) is 17.6 Å². The number of rotatable bonds is 4. The highest BCUT2D eigenvalue weighted by Gasteiger charge is 2.12. The van der Waals surface area contributed by atoms with Crippen molar-refractivity contribution in [2.24, 2.45) is 0 Å². The third-order valence-electron chi connectivity index (χ3n) is 1.96. The smallest absolute Gasteiger partial charge is 0.254 e. The molecule has 2 N–H and O–H groups in total. The van der Waals surface area contributed by atoms with Crippen molar-refractivity contribution in [3.63, 3.8) is 0 Å². The average molecular weight is 261 g/mol. The first-order valence-electron chi connectivity index (χ1n) is 4.74. The van der Waals surface area contributed by atoms with Gasteiger partial charge in [-0.05, 0) is 12.1 Å². The highest BCUT2D eigenvalue weighted by molar-refractivity contribution is 7.90. The number of sulfone groups is 1. The normalized spacial score (nSPS) is 11.2. The van der Waals surface area contributed by atoms with Crippen molar-refractivity contribution in [1.82, 2.24) is 5.32 Å². The summed E-state index contributed by atoms with van der Waals surface area (Å²) in [5, 5.41) is 11.2. The zero-order valence-electron chi connectivity index (χ0n) is 9.10. The van der Waals surface area contributed by atoms with E-state index >= 15 is 0 Å². The molecule has 17 heavy (non-hydrogen) atoms. The van der Waals surface area contributed by atoms with E-state index in [0.29, 0.717) is 0 Å². The Bertz CT molecular complexity index is 527. The lowest BCUT2D eigenvalue weighted by molar-refractivity contribution is 0.0952. The van der Waals surface area contributed by atoms with Crippen molar-refractivity contribution in [2.75, 3.05) is 18.6 Å². The van der Waals surface area contributed by atoms with E-state index in [4.69, 9.17) is 5.11 Å². The van der Waals surface area contributed by atoms with Crippen LogP contribution in [0.15, 0.2) is 18.2 Å². The second-order valence-corrected chi connectivity index (χ2v) is 5.81. The molecular weight excluding hydrogens is 249 g/mol. The van der Waals surface area contributed by atoms with Crippen LogP contribution in [-0.2, 0) is 9.84 Å². The molecule has 0 spiro atoms. The third-order valence-corrected chi connectivity index (χ3v) is 2.90. The molecule has 0 fully saturated rings. The molecule has 0 saturated heterocycles. The SMILES string of the molecule is CS(=O)(=O)CCNC(=O)c1ccc(O)cc1F. The average Bonchev–Trinajstić information content (AvgIpc) is 2.15. The number of carbonyl (C=O) groups excluding carboxylic acids is 1. The lowest BCUT2D eigenvalue weighted by atomic mass is 10.2. The fourth-order valence-electron chi connectivity index (χ4n) is 1.13. The molecule has 1 rings (SSSR count). The number of nitrogens with one attached hydrogen (secondary N) is 1. The van der Waals surface area contributed by atoms with Gasteiger partial charge in [-0.3, -0.25) is 4.79 Å². The molecule has 0 unspecified atom stereocenters. The first kappa shape index (κ1) is 13.4. The number of hydrogen-bond donors (Lipinski definition) is 2. The van der Waals surface area contributed by atoms with Gasteiger partial charge in [0.1, 0.15) is 21.4 Å². The van der Waals surface area contributed by atoms with Gasteiger partial charge in [0.25, 0.3) is 5.91 Å². The summed E-state index contributed by atoms with van der Waals surface area (Å²) in [6.07, 6.45) is 1.04. The van der Waals surface area contributed by atoms with Crippen LogP contribution in [0, 0.1) is 5.82 Å². The van der Waals surface area contributed by atoms with Crippen LogP contribution < -0.4 is 5.32 Å². The third kappa shape index (κ3) is 4.39. The lowest BCUT2D eigenvalue weighted by Crippen LogP contribution is -2.29. The van der Waals surface area contributed by atoms with Crippen LogP contribution in [0.1, 0.15) is 10.4 Å². The summed E-state index contributed by atoms with van der Waals surface area (Å²) in [5.41, 5.74) is -0.240. The minimum absolute atomic E-state index is 0.0853. The Morgan fingerprint density at radius 1 is 1.47 bits per heavy atom. The second-order valence-electron chi connectivity index (χ2n) is 3.55. The minimum atomic E-state index is -3.17. The van der Waals surface area contributed by atoms with Crippen LogP contribution in [0.5, 0.6) is 5.75 Å². The van der Waals surface area contributed by atoms with Crippen molar-refractivity contribution in [3.8, 4) is 5.75 Å². The molecule has 0 aliphatic carbocycles. The Hall–Kier alpha value is -1.63. The zero-order valence-corrected chi connectivity index (χ0v) is 9.92. The van der Waals surface area contributed by atoms with E-state index in [0.717, 1.165) is 18.4 Å². The summed E-state index contributed by atoms with van der Waals surface area (Å²) in [6, 6.07) is 3.11. The molecule has 5 nitrogen and oxygen atoms in total. The molecule has 0 atom stereocenters. The van der Waals surface area contributed by atoms with Crippen molar-refractivity contribution < 1.29 is 22.7 Å². The Labute approximate surface area is 98.2 Å². The largest absolute Gasteiger partial charge is 0.508 e. The molecule has 1 aromatic rings. The van der Waals surface area contributed by atoms with Gasteiger partial charge in [-0.15, -0.1) is 0 Å². The molecule has 0 heterocycles. The molecule has 0 radical (unpaired) electrons. The van der Waals surface area contributed by atoms with Gasteiger partial charge >= 0.3 is 0 Å². The van der Waals surface area contributed by atoms with Gasteiger partial charge in [-0.1, -0.05) is 0 Å². The first-order chi connectivity index (χ1) is 7.79. The molecule has 0 aromatic heterocycles. The maximum absolute atomic E-state index is 13.2. The van der Waals surface area contributed by atoms with E-state index in [1.807, 2.05) is 0 Å². The molecule has 94 valence electrons. The van der Waals surface area contributed by atoms with Gasteiger partial charge in [0.15, 0.2) is 0 Å². The lowest BCUT2D eigenvalue weighted by Gasteiger charge is -2.05. The monoisotopic (exact) mass is 261 g/mol. The topological polar surface area (TPSA) is 83.5 Å². The number of phenolic OH excluding ortho intramolecular Hbond substituents is 1. The Kier molecular flexibility index (Phi) is 4.06. The van der Waals surface area contributed by atoms with Crippen LogP contribution in [0.2, 0.25) is 0 Å². The maximum atomic E-state index is 13.2. The second kappa shape index (κ2) is 5.13. The van der Waals surface area contributed by atoms with E-state index in [-0.39, 0.29) is 23.6 Å². The zero-order chi connectivity index (χ0) is 13.1. The van der Waals surface area contributed by atoms with Gasteiger partial charge in [0.2, 0.25) is 0 Å². The van der Waals surface area contributed by atoms with Crippen LogP contribution >= 0.6 is 0 Å². The highest BCUT2D eigenvalue weighted by Crippen LogP contribution is 2.14. The summed E-state index contributed by atoms with van der Waals surface area (Å²) in [7, 11) is -3.17. The van der Waals surface area contributed by atoms with Gasteiger partial charge in [-0.2, -0.15) is 0 Å². The number of carbonyl (C=O) groups is 1. The van der Waals surface area contributed by atoms with E-state index in [1.165, 1.54) is 6.07 Å². The van der Waals surface area contributed by atoms with Gasteiger partial charge in [-0.25, -0.2) is 12.8 Å². The van der Waals surface area contributed by atoms with Crippen LogP contribution in [0.25, 0.3) is 0 Å². The molecule has 0 saturated carbocycles. The van der Waals surface area contributed by atoms with Gasteiger partial charge in [0.05, 0.1) is 11.3 Å². The number of halogens is 1. The van der Waals surface area contributed by atoms with Crippen molar-refractivity contribution >= 4 is 15.7 Å². The predicted octanol–water partition coefficient (Wildman–Crippen LogP) is 0.306. The Morgan fingerprint density at radius 2 is 2.12 bits per heavy atom. The quantitative estimate of drug-likeness (QED) is 0.817. The summed E-state index contributed by atoms with van der Waals surface area (Å²) in [4.78, 5) is 11.4. The fraction of sp³-hybridized carbons (Fsp3) is 0.300. The predicted molar refractivity (Wildman–Crippen MR) is 60.1 cm³/mol. The van der Waals surface area contributed by atoms with Gasteiger partial charge in [0, 0.05) is 18.9 Å². The fourth-order valence-corrected chi connectivity index (χ4v) is 1.61. The number of amides is 1. The first-order valence-corrected chi connectivity index (χ1v) is 6.80. The minimum Gasteiger partial charge on any atom is -0.508 e. The molecule has 0 aliphatic rings. The van der Waals surface area contributed by atoms with Crippen molar-refractivity contribution in [3.05, 3.63) is 29.6 Å². The standard InChI is InChI=1S/C10H12FNO4S/c1-17(15,16)5-4-12-10(14)8-3-2-7(13)6-9(8)11/h2-3,6,13H,4-5H2,1H3,(H,12,14). The van der Waals surface area contributed by atoms with Crippen LogP contribution in [-0.4, -0.2) is 38.0 Å². The highest BCUT2D eigenvalue weighted by atomic mass is 32.2. The molecule has 0 bridgehead atoms. The summed E-state index contributed by atoms with van der Waals surface area (Å²) in [6.45, 7) is -0.0853. The number of benzene rings is 1. The molecular formula is C10H12FNO4S. The molecule has 0 aliphatic heterocycles. The summed E-state index contributed by atoms with van der Waals surface area (Å²) >= 11 is 0. The molecule has 1 aromatic carbocycles. The number of aromatic hydroxyl groups is 1. The molecule has 7 heteroatoms. The maximum Gasteiger partial charge on any atom is 0.254 e. The summed E-state index contributed by atoms with van der Waals surface area (Å²) < 4.78 is 34.8. The van der Waals surface area contributed by atoms with Crippen LogP contribution in [0.3, 0.4) is 0 Å². The van der Waals surface area contributed by atoms with E-state index < -0.39 is 21.6 Å².